The van der Waals surface area contributed by atoms with E-state index in [1.807, 2.05) is 0 Å². The Morgan fingerprint density at radius 1 is 1.03 bits per heavy atom. The summed E-state index contributed by atoms with van der Waals surface area (Å²) in [6, 6.07) is 8.01. The SMILES string of the molecule is Cc1cc(=O)c(C(=O)Nc2ccc(F)c(F)c2)nn1-c1ccccc1C(F)(F)F. The number of alkyl halides is 3. The number of rotatable bonds is 3. The number of nitrogens with zero attached hydrogens (tertiary/aromatic N) is 2. The van der Waals surface area contributed by atoms with Gasteiger partial charge in [0.1, 0.15) is 0 Å². The van der Waals surface area contributed by atoms with E-state index in [1.54, 1.807) is 0 Å². The molecule has 10 heteroatoms. The monoisotopic (exact) mass is 409 g/mol. The van der Waals surface area contributed by atoms with Crippen molar-refractivity contribution in [3.05, 3.63) is 87.3 Å². The maximum atomic E-state index is 13.3. The third-order valence-corrected chi connectivity index (χ3v) is 3.94. The fourth-order valence-electron chi connectivity index (χ4n) is 2.61. The highest BCUT2D eigenvalue weighted by Crippen LogP contribution is 2.33. The van der Waals surface area contributed by atoms with Crippen molar-refractivity contribution >= 4 is 11.6 Å². The topological polar surface area (TPSA) is 64.0 Å². The van der Waals surface area contributed by atoms with Crippen LogP contribution in [0, 0.1) is 18.6 Å². The highest BCUT2D eigenvalue weighted by Gasteiger charge is 2.34. The van der Waals surface area contributed by atoms with Gasteiger partial charge in [0.15, 0.2) is 17.3 Å². The van der Waals surface area contributed by atoms with E-state index in [4.69, 9.17) is 0 Å². The quantitative estimate of drug-likeness (QED) is 0.663. The number of hydrogen-bond donors (Lipinski definition) is 1. The maximum Gasteiger partial charge on any atom is 0.418 e. The molecular formula is C19H12F5N3O2. The van der Waals surface area contributed by atoms with Crippen LogP contribution in [0.4, 0.5) is 27.6 Å². The van der Waals surface area contributed by atoms with Gasteiger partial charge >= 0.3 is 6.18 Å². The van der Waals surface area contributed by atoms with Crippen LogP contribution in [0.1, 0.15) is 21.7 Å². The Labute approximate surface area is 160 Å². The lowest BCUT2D eigenvalue weighted by Gasteiger charge is -2.16. The highest BCUT2D eigenvalue weighted by molar-refractivity contribution is 6.02. The summed E-state index contributed by atoms with van der Waals surface area (Å²) in [6.45, 7) is 1.36. The molecule has 1 heterocycles. The predicted octanol–water partition coefficient (Wildman–Crippen LogP) is 4.09. The number of carbonyl (C=O) groups is 1. The summed E-state index contributed by atoms with van der Waals surface area (Å²) in [5, 5.41) is 5.94. The molecule has 150 valence electrons. The van der Waals surface area contributed by atoms with Crippen molar-refractivity contribution in [1.82, 2.24) is 9.78 Å². The average Bonchev–Trinajstić information content (AvgIpc) is 2.64. The molecule has 0 fully saturated rings. The molecule has 0 unspecified atom stereocenters. The Kier molecular flexibility index (Phi) is 5.19. The molecule has 2 aromatic carbocycles. The lowest BCUT2D eigenvalue weighted by molar-refractivity contribution is -0.137. The van der Waals surface area contributed by atoms with Gasteiger partial charge in [-0.15, -0.1) is 0 Å². The van der Waals surface area contributed by atoms with Crippen LogP contribution < -0.4 is 10.7 Å². The van der Waals surface area contributed by atoms with Gasteiger partial charge in [-0.05, 0) is 31.2 Å². The smallest absolute Gasteiger partial charge is 0.320 e. The van der Waals surface area contributed by atoms with Crippen molar-refractivity contribution in [2.24, 2.45) is 0 Å². The van der Waals surface area contributed by atoms with E-state index >= 15 is 0 Å². The van der Waals surface area contributed by atoms with Gasteiger partial charge in [-0.3, -0.25) is 9.59 Å². The summed E-state index contributed by atoms with van der Waals surface area (Å²) in [7, 11) is 0. The fourth-order valence-corrected chi connectivity index (χ4v) is 2.61. The zero-order valence-corrected chi connectivity index (χ0v) is 14.7. The lowest BCUT2D eigenvalue weighted by atomic mass is 10.1. The molecular weight excluding hydrogens is 397 g/mol. The van der Waals surface area contributed by atoms with Crippen LogP contribution in [0.25, 0.3) is 5.69 Å². The normalized spacial score (nSPS) is 11.4. The largest absolute Gasteiger partial charge is 0.418 e. The average molecular weight is 409 g/mol. The minimum Gasteiger partial charge on any atom is -0.320 e. The molecule has 0 spiro atoms. The number of aryl methyl sites for hydroxylation is 1. The summed E-state index contributed by atoms with van der Waals surface area (Å²) in [5.41, 5.74) is -3.03. The first-order chi connectivity index (χ1) is 13.6. The van der Waals surface area contributed by atoms with Gasteiger partial charge < -0.3 is 5.32 Å². The van der Waals surface area contributed by atoms with Gasteiger partial charge in [0.25, 0.3) is 5.91 Å². The molecule has 3 aromatic rings. The summed E-state index contributed by atoms with van der Waals surface area (Å²) in [5.74, 6) is -3.45. The molecule has 0 radical (unpaired) electrons. The molecule has 0 bridgehead atoms. The Bertz CT molecular complexity index is 1160. The number of halogens is 5. The number of aromatic nitrogens is 2. The fraction of sp³-hybridized carbons (Fsp3) is 0.105. The van der Waals surface area contributed by atoms with Gasteiger partial charge in [0.05, 0.1) is 11.3 Å². The molecule has 0 atom stereocenters. The number of nitrogens with one attached hydrogen (secondary N) is 1. The molecule has 5 nitrogen and oxygen atoms in total. The molecule has 29 heavy (non-hydrogen) atoms. The molecule has 3 rings (SSSR count). The van der Waals surface area contributed by atoms with E-state index in [2.05, 4.69) is 10.4 Å². The number of amides is 1. The zero-order valence-electron chi connectivity index (χ0n) is 14.7. The number of benzene rings is 2. The molecule has 1 N–H and O–H groups in total. The van der Waals surface area contributed by atoms with Crippen molar-refractivity contribution in [1.29, 1.82) is 0 Å². The number of para-hydroxylation sites is 1. The van der Waals surface area contributed by atoms with E-state index in [0.717, 1.165) is 35.0 Å². The third-order valence-electron chi connectivity index (χ3n) is 3.94. The van der Waals surface area contributed by atoms with E-state index < -0.39 is 40.4 Å². The third kappa shape index (κ3) is 4.15. The molecule has 1 amide bonds. The maximum absolute atomic E-state index is 13.3. The first-order valence-corrected chi connectivity index (χ1v) is 8.12. The minimum atomic E-state index is -4.69. The van der Waals surface area contributed by atoms with Crippen molar-refractivity contribution in [3.63, 3.8) is 0 Å². The van der Waals surface area contributed by atoms with E-state index in [1.165, 1.54) is 19.1 Å². The molecule has 0 aliphatic heterocycles. The summed E-state index contributed by atoms with van der Waals surface area (Å²) >= 11 is 0. The minimum absolute atomic E-state index is 0.0658. The first kappa shape index (κ1) is 20.2. The number of hydrogen-bond acceptors (Lipinski definition) is 3. The Balaban J connectivity index is 2.06. The Hall–Kier alpha value is -3.56. The van der Waals surface area contributed by atoms with Crippen molar-refractivity contribution in [3.8, 4) is 5.69 Å². The zero-order chi connectivity index (χ0) is 21.3. The highest BCUT2D eigenvalue weighted by atomic mass is 19.4. The second-order valence-corrected chi connectivity index (χ2v) is 6.01. The van der Waals surface area contributed by atoms with E-state index in [-0.39, 0.29) is 17.1 Å². The van der Waals surface area contributed by atoms with Gasteiger partial charge in [0, 0.05) is 23.5 Å². The Morgan fingerprint density at radius 2 is 1.72 bits per heavy atom. The summed E-state index contributed by atoms with van der Waals surface area (Å²) in [4.78, 5) is 24.5. The Morgan fingerprint density at radius 3 is 2.38 bits per heavy atom. The van der Waals surface area contributed by atoms with Crippen molar-refractivity contribution in [2.45, 2.75) is 13.1 Å². The van der Waals surface area contributed by atoms with Gasteiger partial charge in [-0.1, -0.05) is 12.1 Å². The second-order valence-electron chi connectivity index (χ2n) is 6.01. The molecule has 1 aromatic heterocycles. The van der Waals surface area contributed by atoms with Crippen LogP contribution in [0.3, 0.4) is 0 Å². The predicted molar refractivity (Wildman–Crippen MR) is 93.9 cm³/mol. The summed E-state index contributed by atoms with van der Waals surface area (Å²) < 4.78 is 67.1. The molecule has 0 saturated heterocycles. The van der Waals surface area contributed by atoms with Gasteiger partial charge in [-0.2, -0.15) is 18.3 Å². The number of anilines is 1. The van der Waals surface area contributed by atoms with Crippen LogP contribution in [0.2, 0.25) is 0 Å². The molecule has 0 aliphatic rings. The van der Waals surface area contributed by atoms with Crippen LogP contribution in [-0.2, 0) is 6.18 Å². The van der Waals surface area contributed by atoms with Crippen LogP contribution >= 0.6 is 0 Å². The standard InChI is InChI=1S/C19H12F5N3O2/c1-10-8-16(28)17(18(29)25-11-6-7-13(20)14(21)9-11)26-27(10)15-5-3-2-4-12(15)19(22,23)24/h2-9H,1H3,(H,25,29). The van der Waals surface area contributed by atoms with Gasteiger partial charge in [-0.25, -0.2) is 13.5 Å². The van der Waals surface area contributed by atoms with Crippen LogP contribution in [0.15, 0.2) is 53.3 Å². The molecule has 0 aliphatic carbocycles. The van der Waals surface area contributed by atoms with E-state index in [0.29, 0.717) is 6.07 Å². The first-order valence-electron chi connectivity index (χ1n) is 8.12. The van der Waals surface area contributed by atoms with Crippen LogP contribution in [-0.4, -0.2) is 15.7 Å². The van der Waals surface area contributed by atoms with Gasteiger partial charge in [0.2, 0.25) is 5.43 Å². The molecule has 0 saturated carbocycles. The summed E-state index contributed by atoms with van der Waals surface area (Å²) in [6.07, 6.45) is -4.69. The lowest BCUT2D eigenvalue weighted by Crippen LogP contribution is -2.27. The second kappa shape index (κ2) is 7.46. The number of carbonyl (C=O) groups excluding carboxylic acids is 1. The van der Waals surface area contributed by atoms with Crippen LogP contribution in [0.5, 0.6) is 0 Å². The van der Waals surface area contributed by atoms with Crippen molar-refractivity contribution in [2.75, 3.05) is 5.32 Å². The van der Waals surface area contributed by atoms with E-state index in [9.17, 15) is 31.5 Å². The van der Waals surface area contributed by atoms with Crippen molar-refractivity contribution < 1.29 is 26.7 Å².